The Morgan fingerprint density at radius 1 is 1.16 bits per heavy atom. The lowest BCUT2D eigenvalue weighted by Crippen LogP contribution is -2.53. The molecule has 1 aliphatic heterocycles. The minimum atomic E-state index is -3.87. The monoisotopic (exact) mass is 452 g/mol. The Labute approximate surface area is 183 Å². The van der Waals surface area contributed by atoms with E-state index in [1.165, 1.54) is 19.2 Å². The van der Waals surface area contributed by atoms with Crippen molar-refractivity contribution in [2.24, 2.45) is 11.8 Å². The summed E-state index contributed by atoms with van der Waals surface area (Å²) >= 11 is 0. The molecule has 31 heavy (non-hydrogen) atoms. The third kappa shape index (κ3) is 6.51. The number of carboxylic acids is 1. The van der Waals surface area contributed by atoms with E-state index in [0.717, 1.165) is 10.5 Å². The van der Waals surface area contributed by atoms with Gasteiger partial charge in [0.1, 0.15) is 6.04 Å². The minimum Gasteiger partial charge on any atom is -0.548 e. The number of benzene rings is 1. The van der Waals surface area contributed by atoms with Gasteiger partial charge in [-0.05, 0) is 37.8 Å². The van der Waals surface area contributed by atoms with Gasteiger partial charge < -0.3 is 19.7 Å². The second-order valence-electron chi connectivity index (χ2n) is 8.32. The summed E-state index contributed by atoms with van der Waals surface area (Å²) in [5.74, 6) is -2.61. The maximum Gasteiger partial charge on any atom is 0.241 e. The molecule has 1 aliphatic rings. The van der Waals surface area contributed by atoms with Crippen LogP contribution in [0.3, 0.4) is 0 Å². The normalized spacial score (nSPS) is 16.2. The standard InChI is InChI=1S/C21H31N3O6S/c1-14(2)19(22-31(29,30)17-7-5-15(3)6-8-17)21(28)24-11-9-16(10-12-24)20(27)23(4)13-18(25)26/h5-8,14,16,19,22H,9-13H2,1-4H3,(H,25,26)/p-1/t19-/m0/s1. The zero-order valence-corrected chi connectivity index (χ0v) is 19.1. The number of carbonyl (C=O) groups excluding carboxylic acids is 3. The molecule has 1 atom stereocenters. The summed E-state index contributed by atoms with van der Waals surface area (Å²) in [7, 11) is -2.46. The van der Waals surface area contributed by atoms with E-state index >= 15 is 0 Å². The number of likely N-dealkylation sites (tertiary alicyclic amines) is 1. The molecule has 0 aliphatic carbocycles. The number of aliphatic carboxylic acids is 1. The average molecular weight is 453 g/mol. The van der Waals surface area contributed by atoms with Gasteiger partial charge >= 0.3 is 0 Å². The van der Waals surface area contributed by atoms with Gasteiger partial charge in [-0.3, -0.25) is 9.59 Å². The number of carboxylic acid groups (broad SMARTS) is 1. The smallest absolute Gasteiger partial charge is 0.241 e. The van der Waals surface area contributed by atoms with E-state index in [2.05, 4.69) is 4.72 Å². The number of rotatable bonds is 8. The van der Waals surface area contributed by atoms with Gasteiger partial charge in [0.05, 0.1) is 17.4 Å². The molecule has 9 nitrogen and oxygen atoms in total. The first-order valence-corrected chi connectivity index (χ1v) is 11.7. The maximum absolute atomic E-state index is 13.1. The lowest BCUT2D eigenvalue weighted by Gasteiger charge is -2.36. The first kappa shape index (κ1) is 24.8. The molecule has 1 saturated heterocycles. The van der Waals surface area contributed by atoms with E-state index in [4.69, 9.17) is 0 Å². The molecule has 0 bridgehead atoms. The number of amides is 2. The number of sulfonamides is 1. The summed E-state index contributed by atoms with van der Waals surface area (Å²) in [5, 5.41) is 10.7. The van der Waals surface area contributed by atoms with E-state index in [9.17, 15) is 27.9 Å². The summed E-state index contributed by atoms with van der Waals surface area (Å²) in [5.41, 5.74) is 0.929. The minimum absolute atomic E-state index is 0.0943. The van der Waals surface area contributed by atoms with Gasteiger partial charge in [0.15, 0.2) is 0 Å². The highest BCUT2D eigenvalue weighted by Gasteiger charge is 2.35. The van der Waals surface area contributed by atoms with Crippen LogP contribution in [0.15, 0.2) is 29.2 Å². The molecule has 1 fully saturated rings. The molecule has 1 N–H and O–H groups in total. The Kier molecular flexibility index (Phi) is 8.19. The molecule has 1 aromatic carbocycles. The van der Waals surface area contributed by atoms with E-state index in [1.54, 1.807) is 30.9 Å². The quantitative estimate of drug-likeness (QED) is 0.579. The number of carbonyl (C=O) groups is 3. The second-order valence-corrected chi connectivity index (χ2v) is 10.0. The van der Waals surface area contributed by atoms with Crippen molar-refractivity contribution in [1.82, 2.24) is 14.5 Å². The predicted octanol–water partition coefficient (Wildman–Crippen LogP) is -0.255. The van der Waals surface area contributed by atoms with Crippen molar-refractivity contribution < 1.29 is 27.9 Å². The molecule has 0 radical (unpaired) electrons. The number of piperidine rings is 1. The van der Waals surface area contributed by atoms with E-state index < -0.39 is 28.6 Å². The lowest BCUT2D eigenvalue weighted by atomic mass is 9.94. The van der Waals surface area contributed by atoms with Crippen LogP contribution in [0.5, 0.6) is 0 Å². The van der Waals surface area contributed by atoms with Crippen molar-refractivity contribution in [3.05, 3.63) is 29.8 Å². The second kappa shape index (κ2) is 10.2. The highest BCUT2D eigenvalue weighted by atomic mass is 32.2. The number of hydrogen-bond acceptors (Lipinski definition) is 6. The average Bonchev–Trinajstić information content (AvgIpc) is 2.70. The van der Waals surface area contributed by atoms with Crippen LogP contribution in [-0.4, -0.2) is 68.7 Å². The van der Waals surface area contributed by atoms with Gasteiger partial charge in [-0.15, -0.1) is 0 Å². The van der Waals surface area contributed by atoms with Crippen LogP contribution in [0.4, 0.5) is 0 Å². The fourth-order valence-corrected chi connectivity index (χ4v) is 4.89. The summed E-state index contributed by atoms with van der Waals surface area (Å²) in [6, 6.07) is 5.46. The fraction of sp³-hybridized carbons (Fsp3) is 0.571. The Morgan fingerprint density at radius 3 is 2.19 bits per heavy atom. The molecule has 0 unspecified atom stereocenters. The van der Waals surface area contributed by atoms with Crippen LogP contribution in [0.25, 0.3) is 0 Å². The number of aryl methyl sites for hydroxylation is 1. The molecule has 0 saturated carbocycles. The van der Waals surface area contributed by atoms with Crippen LogP contribution in [0, 0.1) is 18.8 Å². The molecule has 10 heteroatoms. The summed E-state index contributed by atoms with van der Waals surface area (Å²) in [6.07, 6.45) is 0.773. The molecule has 1 heterocycles. The van der Waals surface area contributed by atoms with Gasteiger partial charge in [0, 0.05) is 26.1 Å². The highest BCUT2D eigenvalue weighted by Crippen LogP contribution is 2.22. The summed E-state index contributed by atoms with van der Waals surface area (Å²) in [4.78, 5) is 38.9. The molecule has 0 spiro atoms. The van der Waals surface area contributed by atoms with Crippen molar-refractivity contribution in [2.75, 3.05) is 26.7 Å². The first-order chi connectivity index (χ1) is 14.4. The van der Waals surface area contributed by atoms with Gasteiger partial charge in [-0.1, -0.05) is 31.5 Å². The zero-order chi connectivity index (χ0) is 23.3. The third-order valence-corrected chi connectivity index (χ3v) is 6.90. The van der Waals surface area contributed by atoms with Gasteiger partial charge in [0.25, 0.3) is 0 Å². The van der Waals surface area contributed by atoms with Gasteiger partial charge in [-0.25, -0.2) is 8.42 Å². The number of likely N-dealkylation sites (N-methyl/N-ethyl adjacent to an activating group) is 1. The van der Waals surface area contributed by atoms with Crippen LogP contribution in [0.1, 0.15) is 32.3 Å². The van der Waals surface area contributed by atoms with Crippen molar-refractivity contribution in [3.8, 4) is 0 Å². The van der Waals surface area contributed by atoms with Crippen LogP contribution >= 0.6 is 0 Å². The van der Waals surface area contributed by atoms with Gasteiger partial charge in [-0.2, -0.15) is 4.72 Å². The molecular formula is C21H30N3O6S-. The third-order valence-electron chi connectivity index (χ3n) is 5.44. The van der Waals surface area contributed by atoms with Gasteiger partial charge in [0.2, 0.25) is 21.8 Å². The Balaban J connectivity index is 2.04. The van der Waals surface area contributed by atoms with E-state index in [-0.39, 0.29) is 28.5 Å². The van der Waals surface area contributed by atoms with E-state index in [1.807, 2.05) is 6.92 Å². The predicted molar refractivity (Wildman–Crippen MR) is 112 cm³/mol. The maximum atomic E-state index is 13.1. The molecule has 2 rings (SSSR count). The van der Waals surface area contributed by atoms with Crippen molar-refractivity contribution in [3.63, 3.8) is 0 Å². The van der Waals surface area contributed by atoms with Crippen LogP contribution in [-0.2, 0) is 24.4 Å². The summed E-state index contributed by atoms with van der Waals surface area (Å²) < 4.78 is 28.1. The zero-order valence-electron chi connectivity index (χ0n) is 18.3. The summed E-state index contributed by atoms with van der Waals surface area (Å²) in [6.45, 7) is 5.51. The SMILES string of the molecule is Cc1ccc(S(=O)(=O)N[C@H](C(=O)N2CCC(C(=O)N(C)CC(=O)[O-])CC2)C(C)C)cc1. The molecule has 172 valence electrons. The van der Waals surface area contributed by atoms with Crippen LogP contribution in [0.2, 0.25) is 0 Å². The molecule has 2 amide bonds. The largest absolute Gasteiger partial charge is 0.548 e. The lowest BCUT2D eigenvalue weighted by molar-refractivity contribution is -0.305. The van der Waals surface area contributed by atoms with Crippen LogP contribution < -0.4 is 9.83 Å². The first-order valence-electron chi connectivity index (χ1n) is 10.2. The highest BCUT2D eigenvalue weighted by molar-refractivity contribution is 7.89. The van der Waals surface area contributed by atoms with E-state index in [0.29, 0.717) is 25.9 Å². The van der Waals surface area contributed by atoms with Crippen molar-refractivity contribution >= 4 is 27.8 Å². The number of hydrogen-bond donors (Lipinski definition) is 1. The molecular weight excluding hydrogens is 422 g/mol. The number of nitrogens with zero attached hydrogens (tertiary/aromatic N) is 2. The Morgan fingerprint density at radius 2 is 1.71 bits per heavy atom. The molecule has 1 aromatic rings. The number of nitrogens with one attached hydrogen (secondary N) is 1. The topological polar surface area (TPSA) is 127 Å². The Hall–Kier alpha value is -2.46. The van der Waals surface area contributed by atoms with Crippen molar-refractivity contribution in [1.29, 1.82) is 0 Å². The molecule has 0 aromatic heterocycles. The fourth-order valence-electron chi connectivity index (χ4n) is 3.55. The van der Waals surface area contributed by atoms with Crippen molar-refractivity contribution in [2.45, 2.75) is 44.6 Å². The Bertz CT molecular complexity index is 906.